The molecule has 1 aliphatic heterocycles. The predicted molar refractivity (Wildman–Crippen MR) is 155 cm³/mol. The molecule has 11 nitrogen and oxygen atoms in total. The molecule has 0 aliphatic carbocycles. The maximum Gasteiger partial charge on any atom is 0.163 e. The Morgan fingerprint density at radius 2 is 1.93 bits per heavy atom. The van der Waals surface area contributed by atoms with Gasteiger partial charge in [0.15, 0.2) is 11.5 Å². The number of piperidine rings is 1. The van der Waals surface area contributed by atoms with Crippen molar-refractivity contribution in [2.75, 3.05) is 23.3 Å². The van der Waals surface area contributed by atoms with Gasteiger partial charge in [-0.1, -0.05) is 11.6 Å². The molecule has 1 aliphatic rings. The SMILES string of the molecule is Cn1cc(-c2cc3c(NC4CCN(c5ccc(C#N)nn5)CC4)c(C(N)=Nc4cc(F)ccc4Cl)cnn3c2)cn1. The number of anilines is 2. The summed E-state index contributed by atoms with van der Waals surface area (Å²) >= 11 is 6.27. The van der Waals surface area contributed by atoms with Crippen LogP contribution in [0.25, 0.3) is 16.6 Å². The average Bonchev–Trinajstić information content (AvgIpc) is 3.62. The lowest BCUT2D eigenvalue weighted by Crippen LogP contribution is -2.40. The zero-order chi connectivity index (χ0) is 28.5. The molecule has 0 bridgehead atoms. The van der Waals surface area contributed by atoms with Crippen LogP contribution in [-0.2, 0) is 7.05 Å². The number of nitriles is 1. The summed E-state index contributed by atoms with van der Waals surface area (Å²) in [6, 6.07) is 11.6. The number of hydrogen-bond acceptors (Lipinski definition) is 8. The molecular weight excluding hydrogens is 545 g/mol. The fourth-order valence-electron chi connectivity index (χ4n) is 4.90. The first-order valence-corrected chi connectivity index (χ1v) is 13.3. The van der Waals surface area contributed by atoms with Crippen LogP contribution in [0.3, 0.4) is 0 Å². The summed E-state index contributed by atoms with van der Waals surface area (Å²) in [4.78, 5) is 6.61. The van der Waals surface area contributed by atoms with Gasteiger partial charge < -0.3 is 16.0 Å². The summed E-state index contributed by atoms with van der Waals surface area (Å²) < 4.78 is 17.5. The molecule has 0 spiro atoms. The Bertz CT molecular complexity index is 1790. The quantitative estimate of drug-likeness (QED) is 0.228. The third kappa shape index (κ3) is 5.39. The molecule has 5 aromatic rings. The first-order valence-electron chi connectivity index (χ1n) is 12.9. The molecule has 0 unspecified atom stereocenters. The molecule has 3 N–H and O–H groups in total. The van der Waals surface area contributed by atoms with Crippen LogP contribution in [0.1, 0.15) is 24.1 Å². The molecule has 0 atom stereocenters. The van der Waals surface area contributed by atoms with Gasteiger partial charge in [-0.25, -0.2) is 13.9 Å². The number of nitrogens with one attached hydrogen (secondary N) is 1. The van der Waals surface area contributed by atoms with Gasteiger partial charge in [0.05, 0.1) is 39.9 Å². The van der Waals surface area contributed by atoms with Gasteiger partial charge in [-0.15, -0.1) is 10.2 Å². The Kier molecular flexibility index (Phi) is 6.94. The van der Waals surface area contributed by atoms with Crippen molar-refractivity contribution in [3.63, 3.8) is 0 Å². The smallest absolute Gasteiger partial charge is 0.163 e. The van der Waals surface area contributed by atoms with E-state index in [9.17, 15) is 4.39 Å². The summed E-state index contributed by atoms with van der Waals surface area (Å²) in [5, 5.41) is 30.0. The lowest BCUT2D eigenvalue weighted by Gasteiger charge is -2.33. The highest BCUT2D eigenvalue weighted by Gasteiger charge is 2.24. The highest BCUT2D eigenvalue weighted by atomic mass is 35.5. The highest BCUT2D eigenvalue weighted by molar-refractivity contribution is 6.33. The van der Waals surface area contributed by atoms with E-state index in [1.165, 1.54) is 18.2 Å². The Balaban J connectivity index is 1.33. The molecule has 1 saturated heterocycles. The van der Waals surface area contributed by atoms with Crippen LogP contribution in [0.15, 0.2) is 66.2 Å². The van der Waals surface area contributed by atoms with E-state index in [1.54, 1.807) is 27.7 Å². The standard InChI is InChI=1S/C28H25ClFN11/c1-39-15-18(13-33-39)17-10-25-27(35-20-6-8-40(9-7-20)26-5-3-21(12-31)37-38-26)22(14-34-41(25)16-17)28(32)36-24-11-19(30)2-4-23(24)29/h2-5,10-11,13-16,20,35H,6-9H2,1H3,(H2,32,36). The molecule has 0 radical (unpaired) electrons. The number of aryl methyl sites for hydroxylation is 1. The van der Waals surface area contributed by atoms with E-state index in [1.807, 2.05) is 37.6 Å². The molecule has 0 amide bonds. The van der Waals surface area contributed by atoms with Gasteiger partial charge in [0.25, 0.3) is 0 Å². The lowest BCUT2D eigenvalue weighted by molar-refractivity contribution is 0.522. The fraction of sp³-hybridized carbons (Fsp3) is 0.214. The van der Waals surface area contributed by atoms with Crippen molar-refractivity contribution in [3.8, 4) is 17.2 Å². The van der Waals surface area contributed by atoms with Crippen LogP contribution in [-0.4, -0.2) is 54.6 Å². The predicted octanol–water partition coefficient (Wildman–Crippen LogP) is 4.31. The second kappa shape index (κ2) is 10.9. The van der Waals surface area contributed by atoms with Crippen LogP contribution < -0.4 is 16.0 Å². The molecule has 6 rings (SSSR count). The van der Waals surface area contributed by atoms with E-state index < -0.39 is 5.82 Å². The zero-order valence-corrected chi connectivity index (χ0v) is 22.8. The topological polar surface area (TPSA) is 138 Å². The molecule has 13 heteroatoms. The molecular formula is C28H25ClFN11. The van der Waals surface area contributed by atoms with Crippen LogP contribution in [0, 0.1) is 17.1 Å². The summed E-state index contributed by atoms with van der Waals surface area (Å²) in [6.45, 7) is 1.50. The van der Waals surface area contributed by atoms with Crippen LogP contribution in [0.5, 0.6) is 0 Å². The molecule has 206 valence electrons. The number of rotatable bonds is 6. The van der Waals surface area contributed by atoms with Gasteiger partial charge in [0.2, 0.25) is 0 Å². The molecule has 5 heterocycles. The van der Waals surface area contributed by atoms with E-state index in [0.717, 1.165) is 54.1 Å². The number of fused-ring (bicyclic) bond motifs is 1. The lowest BCUT2D eigenvalue weighted by atomic mass is 10.0. The Labute approximate surface area is 239 Å². The maximum atomic E-state index is 13.9. The Morgan fingerprint density at radius 1 is 1.10 bits per heavy atom. The summed E-state index contributed by atoms with van der Waals surface area (Å²) in [7, 11) is 1.87. The number of hydrogen-bond donors (Lipinski definition) is 2. The minimum absolute atomic E-state index is 0.116. The number of aromatic nitrogens is 6. The summed E-state index contributed by atoms with van der Waals surface area (Å²) in [5.41, 5.74) is 11.1. The molecule has 1 fully saturated rings. The van der Waals surface area contributed by atoms with Gasteiger partial charge in [-0.05, 0) is 43.2 Å². The van der Waals surface area contributed by atoms with Crippen molar-refractivity contribution in [2.24, 2.45) is 17.8 Å². The van der Waals surface area contributed by atoms with E-state index in [-0.39, 0.29) is 28.3 Å². The number of halogens is 2. The van der Waals surface area contributed by atoms with Gasteiger partial charge in [0.1, 0.15) is 17.7 Å². The Hall–Kier alpha value is -5.02. The highest BCUT2D eigenvalue weighted by Crippen LogP contribution is 2.32. The van der Waals surface area contributed by atoms with E-state index >= 15 is 0 Å². The molecule has 41 heavy (non-hydrogen) atoms. The second-order valence-corrected chi connectivity index (χ2v) is 10.2. The van der Waals surface area contributed by atoms with E-state index in [4.69, 9.17) is 22.6 Å². The van der Waals surface area contributed by atoms with Crippen molar-refractivity contribution in [2.45, 2.75) is 18.9 Å². The van der Waals surface area contributed by atoms with Crippen molar-refractivity contribution < 1.29 is 4.39 Å². The number of benzene rings is 1. The zero-order valence-electron chi connectivity index (χ0n) is 22.0. The maximum absolute atomic E-state index is 13.9. The normalized spacial score (nSPS) is 14.4. The minimum Gasteiger partial charge on any atom is -0.383 e. The van der Waals surface area contributed by atoms with E-state index in [2.05, 4.69) is 35.6 Å². The van der Waals surface area contributed by atoms with E-state index in [0.29, 0.717) is 5.56 Å². The third-order valence-corrected chi connectivity index (χ3v) is 7.35. The molecule has 4 aromatic heterocycles. The number of aliphatic imine (C=N–C) groups is 1. The third-order valence-electron chi connectivity index (χ3n) is 7.03. The fourth-order valence-corrected chi connectivity index (χ4v) is 5.06. The monoisotopic (exact) mass is 569 g/mol. The van der Waals surface area contributed by atoms with Crippen molar-refractivity contribution in [1.82, 2.24) is 29.6 Å². The van der Waals surface area contributed by atoms with Gasteiger partial charge >= 0.3 is 0 Å². The molecule has 1 aromatic carbocycles. The van der Waals surface area contributed by atoms with Crippen molar-refractivity contribution in [3.05, 3.63) is 83.3 Å². The number of nitrogens with zero attached hydrogens (tertiary/aromatic N) is 9. The van der Waals surface area contributed by atoms with Crippen LogP contribution in [0.2, 0.25) is 5.02 Å². The second-order valence-electron chi connectivity index (χ2n) is 9.78. The van der Waals surface area contributed by atoms with Crippen molar-refractivity contribution >= 4 is 40.1 Å². The first-order chi connectivity index (χ1) is 19.9. The van der Waals surface area contributed by atoms with Gasteiger partial charge in [-0.2, -0.15) is 15.5 Å². The number of amidine groups is 1. The Morgan fingerprint density at radius 3 is 2.63 bits per heavy atom. The van der Waals surface area contributed by atoms with Gasteiger partial charge in [-0.3, -0.25) is 4.68 Å². The van der Waals surface area contributed by atoms with Crippen molar-refractivity contribution in [1.29, 1.82) is 5.26 Å². The van der Waals surface area contributed by atoms with Gasteiger partial charge in [0, 0.05) is 55.8 Å². The van der Waals surface area contributed by atoms with Crippen LogP contribution >= 0.6 is 11.6 Å². The minimum atomic E-state index is -0.459. The summed E-state index contributed by atoms with van der Waals surface area (Å²) in [5.74, 6) is 0.439. The first kappa shape index (κ1) is 26.2. The van der Waals surface area contributed by atoms with Crippen LogP contribution in [0.4, 0.5) is 21.6 Å². The molecule has 0 saturated carbocycles. The summed E-state index contributed by atoms with van der Waals surface area (Å²) in [6.07, 6.45) is 8.95. The number of nitrogens with two attached hydrogens (primary N) is 1. The largest absolute Gasteiger partial charge is 0.383 e. The average molecular weight is 570 g/mol.